The molecule has 1 heterocycles. The molecule has 1 amide bonds. The number of aryl methyl sites for hydroxylation is 1. The molecule has 1 aliphatic rings. The number of anilines is 1. The van der Waals surface area contributed by atoms with Crippen LogP contribution in [0.3, 0.4) is 0 Å². The molecule has 0 radical (unpaired) electrons. The number of benzene rings is 2. The Labute approximate surface area is 172 Å². The number of aromatic nitrogens is 2. The van der Waals surface area contributed by atoms with Crippen molar-refractivity contribution >= 4 is 11.7 Å². The molecule has 1 aliphatic carbocycles. The Morgan fingerprint density at radius 1 is 1.23 bits per heavy atom. The molecule has 0 bridgehead atoms. The lowest BCUT2D eigenvalue weighted by molar-refractivity contribution is 0.0959. The number of rotatable bonds is 5. The van der Waals surface area contributed by atoms with Crippen molar-refractivity contribution in [3.05, 3.63) is 76.6 Å². The lowest BCUT2D eigenvalue weighted by atomic mass is 10.1. The lowest BCUT2D eigenvalue weighted by Crippen LogP contribution is -2.21. The number of carbonyl (C=O) groups excluding carboxylic acids is 1. The van der Waals surface area contributed by atoms with Crippen molar-refractivity contribution in [1.29, 1.82) is 0 Å². The monoisotopic (exact) mass is 409 g/mol. The summed E-state index contributed by atoms with van der Waals surface area (Å²) in [5.41, 5.74) is 9.81. The van der Waals surface area contributed by atoms with E-state index in [-0.39, 0.29) is 17.6 Å². The SMILES string of the molecule is CNC(=O)c1nc(-c2cccc(CNC3CCc4cc(F)c(F)cc43)c2)cnc1N. The predicted octanol–water partition coefficient (Wildman–Crippen LogP) is 3.14. The van der Waals surface area contributed by atoms with Gasteiger partial charge in [0, 0.05) is 25.2 Å². The van der Waals surface area contributed by atoms with Crippen LogP contribution in [-0.4, -0.2) is 22.9 Å². The van der Waals surface area contributed by atoms with E-state index in [2.05, 4.69) is 20.6 Å². The summed E-state index contributed by atoms with van der Waals surface area (Å²) in [5.74, 6) is -1.95. The minimum atomic E-state index is -0.821. The van der Waals surface area contributed by atoms with Crippen LogP contribution in [-0.2, 0) is 13.0 Å². The molecule has 1 aromatic heterocycles. The van der Waals surface area contributed by atoms with Crippen molar-refractivity contribution in [2.75, 3.05) is 12.8 Å². The summed E-state index contributed by atoms with van der Waals surface area (Å²) in [6, 6.07) is 10.2. The van der Waals surface area contributed by atoms with Crippen molar-refractivity contribution < 1.29 is 13.6 Å². The first-order chi connectivity index (χ1) is 14.5. The van der Waals surface area contributed by atoms with Gasteiger partial charge in [-0.25, -0.2) is 18.7 Å². The zero-order valence-corrected chi connectivity index (χ0v) is 16.4. The van der Waals surface area contributed by atoms with Crippen LogP contribution in [0, 0.1) is 11.6 Å². The first-order valence-electron chi connectivity index (χ1n) is 9.61. The summed E-state index contributed by atoms with van der Waals surface area (Å²) in [4.78, 5) is 20.3. The number of halogens is 2. The Morgan fingerprint density at radius 2 is 2.03 bits per heavy atom. The number of nitrogens with two attached hydrogens (primary N) is 1. The number of nitrogens with zero attached hydrogens (tertiary/aromatic N) is 2. The van der Waals surface area contributed by atoms with Crippen molar-refractivity contribution in [1.82, 2.24) is 20.6 Å². The molecule has 0 saturated heterocycles. The van der Waals surface area contributed by atoms with Gasteiger partial charge >= 0.3 is 0 Å². The number of amides is 1. The maximum Gasteiger partial charge on any atom is 0.273 e. The van der Waals surface area contributed by atoms with E-state index < -0.39 is 17.5 Å². The molecule has 0 aliphatic heterocycles. The van der Waals surface area contributed by atoms with Crippen LogP contribution in [0.2, 0.25) is 0 Å². The largest absolute Gasteiger partial charge is 0.382 e. The molecule has 4 N–H and O–H groups in total. The predicted molar refractivity (Wildman–Crippen MR) is 110 cm³/mol. The van der Waals surface area contributed by atoms with Crippen molar-refractivity contribution in [2.24, 2.45) is 0 Å². The Balaban J connectivity index is 1.52. The van der Waals surface area contributed by atoms with Gasteiger partial charge in [-0.15, -0.1) is 0 Å². The highest BCUT2D eigenvalue weighted by molar-refractivity contribution is 5.96. The topological polar surface area (TPSA) is 92.9 Å². The number of fused-ring (bicyclic) bond motifs is 1. The highest BCUT2D eigenvalue weighted by atomic mass is 19.2. The van der Waals surface area contributed by atoms with Crippen molar-refractivity contribution in [2.45, 2.75) is 25.4 Å². The molecule has 4 rings (SSSR count). The molecule has 154 valence electrons. The van der Waals surface area contributed by atoms with Gasteiger partial charge in [0.15, 0.2) is 23.1 Å². The van der Waals surface area contributed by atoms with E-state index in [1.54, 1.807) is 0 Å². The molecular formula is C22H21F2N5O. The smallest absolute Gasteiger partial charge is 0.273 e. The van der Waals surface area contributed by atoms with Gasteiger partial charge in [0.05, 0.1) is 11.9 Å². The van der Waals surface area contributed by atoms with Crippen molar-refractivity contribution in [3.8, 4) is 11.3 Å². The molecule has 0 saturated carbocycles. The average molecular weight is 409 g/mol. The number of nitrogen functional groups attached to an aromatic ring is 1. The van der Waals surface area contributed by atoms with E-state index in [1.807, 2.05) is 24.3 Å². The third kappa shape index (κ3) is 3.86. The third-order valence-electron chi connectivity index (χ3n) is 5.28. The van der Waals surface area contributed by atoms with Gasteiger partial charge in [0.2, 0.25) is 0 Å². The van der Waals surface area contributed by atoms with E-state index in [0.29, 0.717) is 18.7 Å². The summed E-state index contributed by atoms with van der Waals surface area (Å²) in [6.45, 7) is 0.543. The standard InChI is InChI=1S/C22H21F2N5O/c1-26-22(30)20-21(25)28-11-19(29-20)14-4-2-3-12(7-14)10-27-18-6-5-13-8-16(23)17(24)9-15(13)18/h2-4,7-9,11,18,27H,5-6,10H2,1H3,(H2,25,28)(H,26,30). The second kappa shape index (κ2) is 8.16. The van der Waals surface area contributed by atoms with Gasteiger partial charge in [-0.3, -0.25) is 4.79 Å². The van der Waals surface area contributed by atoms with E-state index in [1.165, 1.54) is 25.4 Å². The van der Waals surface area contributed by atoms with Crippen LogP contribution in [0.1, 0.15) is 39.6 Å². The van der Waals surface area contributed by atoms with Crippen LogP contribution in [0.4, 0.5) is 14.6 Å². The molecule has 1 atom stereocenters. The molecule has 8 heteroatoms. The second-order valence-electron chi connectivity index (χ2n) is 7.21. The molecule has 2 aromatic carbocycles. The zero-order valence-electron chi connectivity index (χ0n) is 16.4. The second-order valence-corrected chi connectivity index (χ2v) is 7.21. The highest BCUT2D eigenvalue weighted by Crippen LogP contribution is 2.33. The number of hydrogen-bond donors (Lipinski definition) is 3. The van der Waals surface area contributed by atoms with E-state index in [9.17, 15) is 13.6 Å². The fourth-order valence-electron chi connectivity index (χ4n) is 3.72. The van der Waals surface area contributed by atoms with Crippen LogP contribution in [0.15, 0.2) is 42.6 Å². The van der Waals surface area contributed by atoms with Gasteiger partial charge in [-0.2, -0.15) is 0 Å². The molecule has 6 nitrogen and oxygen atoms in total. The van der Waals surface area contributed by atoms with Crippen LogP contribution in [0.25, 0.3) is 11.3 Å². The summed E-state index contributed by atoms with van der Waals surface area (Å²) >= 11 is 0. The molecule has 0 spiro atoms. The van der Waals surface area contributed by atoms with Crippen LogP contribution in [0.5, 0.6) is 0 Å². The maximum atomic E-state index is 13.6. The molecule has 3 aromatic rings. The molecule has 30 heavy (non-hydrogen) atoms. The van der Waals surface area contributed by atoms with Crippen LogP contribution >= 0.6 is 0 Å². The molecule has 1 unspecified atom stereocenters. The van der Waals surface area contributed by atoms with Gasteiger partial charge in [-0.05, 0) is 47.7 Å². The summed E-state index contributed by atoms with van der Waals surface area (Å²) < 4.78 is 27.1. The number of nitrogens with one attached hydrogen (secondary N) is 2. The Hall–Kier alpha value is -3.39. The van der Waals surface area contributed by atoms with E-state index in [4.69, 9.17) is 5.73 Å². The maximum absolute atomic E-state index is 13.6. The summed E-state index contributed by atoms with van der Waals surface area (Å²) in [7, 11) is 1.50. The fourth-order valence-corrected chi connectivity index (χ4v) is 3.72. The highest BCUT2D eigenvalue weighted by Gasteiger charge is 2.24. The number of carbonyl (C=O) groups is 1. The Morgan fingerprint density at radius 3 is 2.83 bits per heavy atom. The molecule has 0 fully saturated rings. The number of hydrogen-bond acceptors (Lipinski definition) is 5. The van der Waals surface area contributed by atoms with Gasteiger partial charge < -0.3 is 16.4 Å². The van der Waals surface area contributed by atoms with E-state index >= 15 is 0 Å². The lowest BCUT2D eigenvalue weighted by Gasteiger charge is -2.15. The third-order valence-corrected chi connectivity index (χ3v) is 5.28. The van der Waals surface area contributed by atoms with Gasteiger partial charge in [0.1, 0.15) is 0 Å². The van der Waals surface area contributed by atoms with Gasteiger partial charge in [-0.1, -0.05) is 18.2 Å². The van der Waals surface area contributed by atoms with E-state index in [0.717, 1.165) is 28.7 Å². The zero-order chi connectivity index (χ0) is 21.3. The first kappa shape index (κ1) is 19.9. The Kier molecular flexibility index (Phi) is 5.41. The Bertz CT molecular complexity index is 1120. The first-order valence-corrected chi connectivity index (χ1v) is 9.61. The fraction of sp³-hybridized carbons (Fsp3) is 0.227. The minimum absolute atomic E-state index is 0.0325. The quantitative estimate of drug-likeness (QED) is 0.602. The minimum Gasteiger partial charge on any atom is -0.382 e. The normalized spacial score (nSPS) is 15.1. The molecular weight excluding hydrogens is 388 g/mol. The van der Waals surface area contributed by atoms with Gasteiger partial charge in [0.25, 0.3) is 5.91 Å². The average Bonchev–Trinajstić information content (AvgIpc) is 3.14. The van der Waals surface area contributed by atoms with Crippen LogP contribution < -0.4 is 16.4 Å². The van der Waals surface area contributed by atoms with Crippen molar-refractivity contribution in [3.63, 3.8) is 0 Å². The summed E-state index contributed by atoms with van der Waals surface area (Å²) in [5, 5.41) is 5.92. The summed E-state index contributed by atoms with van der Waals surface area (Å²) in [6.07, 6.45) is 3.03.